The van der Waals surface area contributed by atoms with Crippen molar-refractivity contribution >= 4 is 9.84 Å². The SMILES string of the molecule is COc1ncccc1CNC1CCS(=O)(=O)C1. The number of hydrogen-bond acceptors (Lipinski definition) is 5. The van der Waals surface area contributed by atoms with Crippen molar-refractivity contribution < 1.29 is 13.2 Å². The molecule has 1 aliphatic heterocycles. The molecule has 94 valence electrons. The van der Waals surface area contributed by atoms with Gasteiger partial charge in [0.1, 0.15) is 0 Å². The van der Waals surface area contributed by atoms with E-state index in [1.807, 2.05) is 12.1 Å². The minimum Gasteiger partial charge on any atom is -0.481 e. The van der Waals surface area contributed by atoms with Crippen molar-refractivity contribution in [1.82, 2.24) is 10.3 Å². The van der Waals surface area contributed by atoms with Gasteiger partial charge in [0.15, 0.2) is 9.84 Å². The Morgan fingerprint density at radius 2 is 2.41 bits per heavy atom. The van der Waals surface area contributed by atoms with Crippen molar-refractivity contribution in [3.8, 4) is 5.88 Å². The third kappa shape index (κ3) is 3.17. The zero-order valence-electron chi connectivity index (χ0n) is 9.72. The lowest BCUT2D eigenvalue weighted by Gasteiger charge is -2.12. The summed E-state index contributed by atoms with van der Waals surface area (Å²) in [4.78, 5) is 4.09. The lowest BCUT2D eigenvalue weighted by atomic mass is 10.2. The molecule has 17 heavy (non-hydrogen) atoms. The molecule has 0 bridgehead atoms. The molecule has 1 aliphatic rings. The van der Waals surface area contributed by atoms with Crippen molar-refractivity contribution in [2.75, 3.05) is 18.6 Å². The van der Waals surface area contributed by atoms with Gasteiger partial charge in [0, 0.05) is 24.3 Å². The second-order valence-corrected chi connectivity index (χ2v) is 6.38. The van der Waals surface area contributed by atoms with E-state index in [1.165, 1.54) is 0 Å². The van der Waals surface area contributed by atoms with E-state index in [9.17, 15) is 8.42 Å². The Morgan fingerprint density at radius 1 is 1.59 bits per heavy atom. The summed E-state index contributed by atoms with van der Waals surface area (Å²) in [7, 11) is -1.25. The highest BCUT2D eigenvalue weighted by Gasteiger charge is 2.27. The average molecular weight is 256 g/mol. The van der Waals surface area contributed by atoms with Crippen molar-refractivity contribution in [3.05, 3.63) is 23.9 Å². The fourth-order valence-electron chi connectivity index (χ4n) is 1.95. The molecule has 1 N–H and O–H groups in total. The van der Waals surface area contributed by atoms with Crippen LogP contribution in [0.25, 0.3) is 0 Å². The number of methoxy groups -OCH3 is 1. The highest BCUT2D eigenvalue weighted by Crippen LogP contribution is 2.16. The smallest absolute Gasteiger partial charge is 0.217 e. The van der Waals surface area contributed by atoms with Gasteiger partial charge in [-0.2, -0.15) is 0 Å². The van der Waals surface area contributed by atoms with Crippen molar-refractivity contribution in [2.24, 2.45) is 0 Å². The second kappa shape index (κ2) is 5.01. The van der Waals surface area contributed by atoms with Gasteiger partial charge in [-0.05, 0) is 12.5 Å². The molecule has 0 aliphatic carbocycles. The minimum atomic E-state index is -2.82. The van der Waals surface area contributed by atoms with Gasteiger partial charge in [0.2, 0.25) is 5.88 Å². The van der Waals surface area contributed by atoms with Crippen LogP contribution >= 0.6 is 0 Å². The van der Waals surface area contributed by atoms with Gasteiger partial charge in [0.25, 0.3) is 0 Å². The first-order chi connectivity index (χ1) is 8.11. The molecule has 1 unspecified atom stereocenters. The molecule has 0 radical (unpaired) electrons. The molecule has 1 atom stereocenters. The Morgan fingerprint density at radius 3 is 3.06 bits per heavy atom. The van der Waals surface area contributed by atoms with Gasteiger partial charge in [-0.25, -0.2) is 13.4 Å². The van der Waals surface area contributed by atoms with E-state index in [0.29, 0.717) is 18.8 Å². The third-order valence-corrected chi connectivity index (χ3v) is 4.62. The Hall–Kier alpha value is -1.14. The predicted molar refractivity (Wildman–Crippen MR) is 64.7 cm³/mol. The van der Waals surface area contributed by atoms with Crippen LogP contribution in [0.4, 0.5) is 0 Å². The Kier molecular flexibility index (Phi) is 3.63. The average Bonchev–Trinajstić information content (AvgIpc) is 2.67. The van der Waals surface area contributed by atoms with E-state index in [4.69, 9.17) is 4.74 Å². The van der Waals surface area contributed by atoms with E-state index in [2.05, 4.69) is 10.3 Å². The number of sulfone groups is 1. The highest BCUT2D eigenvalue weighted by molar-refractivity contribution is 7.91. The standard InChI is InChI=1S/C11H16N2O3S/c1-16-11-9(3-2-5-12-11)7-13-10-4-6-17(14,15)8-10/h2-3,5,10,13H,4,6-8H2,1H3. The Balaban J connectivity index is 1.94. The van der Waals surface area contributed by atoms with Gasteiger partial charge < -0.3 is 10.1 Å². The molecule has 6 heteroatoms. The number of rotatable bonds is 4. The number of aromatic nitrogens is 1. The summed E-state index contributed by atoms with van der Waals surface area (Å²) in [5.74, 6) is 1.10. The van der Waals surface area contributed by atoms with Gasteiger partial charge in [0.05, 0.1) is 18.6 Å². The van der Waals surface area contributed by atoms with Crippen LogP contribution < -0.4 is 10.1 Å². The summed E-state index contributed by atoms with van der Waals surface area (Å²) in [6.07, 6.45) is 2.35. The normalized spacial score (nSPS) is 22.5. The van der Waals surface area contributed by atoms with Crippen molar-refractivity contribution in [1.29, 1.82) is 0 Å². The molecule has 0 amide bonds. The Bertz CT molecular complexity index is 487. The molecular weight excluding hydrogens is 240 g/mol. The van der Waals surface area contributed by atoms with Gasteiger partial charge >= 0.3 is 0 Å². The van der Waals surface area contributed by atoms with Crippen LogP contribution in [0.5, 0.6) is 5.88 Å². The maximum Gasteiger partial charge on any atom is 0.217 e. The first kappa shape index (κ1) is 12.3. The fourth-order valence-corrected chi connectivity index (χ4v) is 3.66. The third-order valence-electron chi connectivity index (χ3n) is 2.86. The summed E-state index contributed by atoms with van der Waals surface area (Å²) in [5, 5.41) is 3.23. The van der Waals surface area contributed by atoms with E-state index < -0.39 is 9.84 Å². The molecule has 2 heterocycles. The van der Waals surface area contributed by atoms with E-state index in [1.54, 1.807) is 13.3 Å². The summed E-state index contributed by atoms with van der Waals surface area (Å²) < 4.78 is 27.7. The van der Waals surface area contributed by atoms with Gasteiger partial charge in [-0.15, -0.1) is 0 Å². The quantitative estimate of drug-likeness (QED) is 0.843. The topological polar surface area (TPSA) is 68.3 Å². The molecule has 0 spiro atoms. The van der Waals surface area contributed by atoms with Gasteiger partial charge in [-0.3, -0.25) is 0 Å². The molecule has 0 aromatic carbocycles. The van der Waals surface area contributed by atoms with Crippen LogP contribution in [0.1, 0.15) is 12.0 Å². The van der Waals surface area contributed by atoms with Crippen LogP contribution in [0.15, 0.2) is 18.3 Å². The zero-order chi connectivity index (χ0) is 12.3. The maximum atomic E-state index is 11.3. The molecule has 1 aromatic rings. The first-order valence-corrected chi connectivity index (χ1v) is 7.34. The number of hydrogen-bond donors (Lipinski definition) is 1. The lowest BCUT2D eigenvalue weighted by Crippen LogP contribution is -2.29. The van der Waals surface area contributed by atoms with Crippen LogP contribution in [-0.2, 0) is 16.4 Å². The molecule has 0 saturated carbocycles. The van der Waals surface area contributed by atoms with Crippen molar-refractivity contribution in [3.63, 3.8) is 0 Å². The molecule has 1 fully saturated rings. The lowest BCUT2D eigenvalue weighted by molar-refractivity contribution is 0.389. The molecule has 5 nitrogen and oxygen atoms in total. The van der Waals surface area contributed by atoms with E-state index >= 15 is 0 Å². The molecular formula is C11H16N2O3S. The Labute approximate surface area is 101 Å². The van der Waals surface area contributed by atoms with Crippen molar-refractivity contribution in [2.45, 2.75) is 19.0 Å². The van der Waals surface area contributed by atoms with E-state index in [0.717, 1.165) is 5.56 Å². The maximum absolute atomic E-state index is 11.3. The summed E-state index contributed by atoms with van der Waals surface area (Å²) >= 11 is 0. The molecule has 1 aromatic heterocycles. The van der Waals surface area contributed by atoms with Crippen LogP contribution in [0, 0.1) is 0 Å². The predicted octanol–water partition coefficient (Wildman–Crippen LogP) is 0.367. The fraction of sp³-hybridized carbons (Fsp3) is 0.545. The minimum absolute atomic E-state index is 0.0462. The van der Waals surface area contributed by atoms with E-state index in [-0.39, 0.29) is 17.5 Å². The molecule has 1 saturated heterocycles. The summed E-state index contributed by atoms with van der Waals surface area (Å²) in [6, 6.07) is 3.80. The number of nitrogens with zero attached hydrogens (tertiary/aromatic N) is 1. The summed E-state index contributed by atoms with van der Waals surface area (Å²) in [5.41, 5.74) is 0.944. The number of ether oxygens (including phenoxy) is 1. The van der Waals surface area contributed by atoms with Gasteiger partial charge in [-0.1, -0.05) is 6.07 Å². The first-order valence-electron chi connectivity index (χ1n) is 5.52. The van der Waals surface area contributed by atoms with Crippen LogP contribution in [0.3, 0.4) is 0 Å². The largest absolute Gasteiger partial charge is 0.481 e. The number of nitrogens with one attached hydrogen (secondary N) is 1. The van der Waals surface area contributed by atoms with Crippen LogP contribution in [0.2, 0.25) is 0 Å². The molecule has 2 rings (SSSR count). The van der Waals surface area contributed by atoms with Crippen LogP contribution in [-0.4, -0.2) is 38.1 Å². The second-order valence-electron chi connectivity index (χ2n) is 4.15. The monoisotopic (exact) mass is 256 g/mol. The number of pyridine rings is 1. The highest BCUT2D eigenvalue weighted by atomic mass is 32.2. The summed E-state index contributed by atoms with van der Waals surface area (Å²) in [6.45, 7) is 0.581. The zero-order valence-corrected chi connectivity index (χ0v) is 10.5.